The molecule has 122 valence electrons. The molecule has 0 aliphatic rings. The van der Waals surface area contributed by atoms with Crippen molar-refractivity contribution < 1.29 is 14.3 Å². The lowest BCUT2D eigenvalue weighted by molar-refractivity contribution is 0.0906. The van der Waals surface area contributed by atoms with E-state index in [1.165, 1.54) is 11.3 Å². The molecule has 4 nitrogen and oxygen atoms in total. The normalized spacial score (nSPS) is 12.0. The number of carbonyl (C=O) groups excluding carboxylic acids is 2. The third-order valence-electron chi connectivity index (χ3n) is 3.29. The van der Waals surface area contributed by atoms with Crippen LogP contribution in [0.25, 0.3) is 0 Å². The molecule has 1 atom stereocenters. The predicted octanol–water partition coefficient (Wildman–Crippen LogP) is 4.27. The van der Waals surface area contributed by atoms with Gasteiger partial charge < -0.3 is 10.1 Å². The highest BCUT2D eigenvalue weighted by Gasteiger charge is 2.24. The predicted molar refractivity (Wildman–Crippen MR) is 91.7 cm³/mol. The number of benzene rings is 1. The molecular weight excluding hydrogens is 310 g/mol. The van der Waals surface area contributed by atoms with Gasteiger partial charge in [-0.2, -0.15) is 0 Å². The van der Waals surface area contributed by atoms with Crippen molar-refractivity contribution in [3.05, 3.63) is 58.3 Å². The van der Waals surface area contributed by atoms with E-state index in [-0.39, 0.29) is 12.4 Å². The Morgan fingerprint density at radius 1 is 1.13 bits per heavy atom. The topological polar surface area (TPSA) is 55.4 Å². The molecule has 2 aromatic rings. The number of amides is 1. The van der Waals surface area contributed by atoms with Gasteiger partial charge in [-0.1, -0.05) is 50.2 Å². The molecule has 0 bridgehead atoms. The zero-order valence-corrected chi connectivity index (χ0v) is 14.1. The first kappa shape index (κ1) is 17.2. The molecule has 0 radical (unpaired) electrons. The van der Waals surface area contributed by atoms with Crippen LogP contribution >= 0.6 is 11.3 Å². The maximum absolute atomic E-state index is 12.5. The molecular formula is C18H21NO3S. The van der Waals surface area contributed by atoms with E-state index in [1.807, 2.05) is 55.6 Å². The molecule has 0 fully saturated rings. The molecule has 0 saturated heterocycles. The van der Waals surface area contributed by atoms with Gasteiger partial charge in [-0.15, -0.1) is 11.3 Å². The Labute approximate surface area is 140 Å². The van der Waals surface area contributed by atoms with Crippen LogP contribution in [0.1, 0.15) is 35.5 Å². The Balaban J connectivity index is 1.94. The van der Waals surface area contributed by atoms with Crippen molar-refractivity contribution in [3.63, 3.8) is 0 Å². The zero-order valence-electron chi connectivity index (χ0n) is 13.3. The second-order valence-electron chi connectivity index (χ2n) is 5.73. The van der Waals surface area contributed by atoms with Crippen LogP contribution < -0.4 is 5.32 Å². The van der Waals surface area contributed by atoms with Crippen molar-refractivity contribution in [1.82, 2.24) is 5.32 Å². The SMILES string of the molecule is CC(C)C[C@H](NC(=O)OCc1ccccc1)C(=O)c1cccs1. The number of nitrogens with one attached hydrogen (secondary N) is 1. The van der Waals surface area contributed by atoms with E-state index >= 15 is 0 Å². The number of hydrogen-bond donors (Lipinski definition) is 1. The van der Waals surface area contributed by atoms with Crippen LogP contribution in [0.5, 0.6) is 0 Å². The smallest absolute Gasteiger partial charge is 0.408 e. The van der Waals surface area contributed by atoms with Gasteiger partial charge in [0.2, 0.25) is 0 Å². The summed E-state index contributed by atoms with van der Waals surface area (Å²) in [4.78, 5) is 25.1. The summed E-state index contributed by atoms with van der Waals surface area (Å²) in [7, 11) is 0. The summed E-state index contributed by atoms with van der Waals surface area (Å²) in [5, 5.41) is 4.56. The van der Waals surface area contributed by atoms with Crippen LogP contribution in [0.4, 0.5) is 4.79 Å². The summed E-state index contributed by atoms with van der Waals surface area (Å²) in [5.41, 5.74) is 0.910. The number of alkyl carbamates (subject to hydrolysis) is 1. The molecule has 1 N–H and O–H groups in total. The molecule has 0 spiro atoms. The fraction of sp³-hybridized carbons (Fsp3) is 0.333. The maximum Gasteiger partial charge on any atom is 0.408 e. The van der Waals surface area contributed by atoms with Gasteiger partial charge in [0, 0.05) is 0 Å². The molecule has 5 heteroatoms. The van der Waals surface area contributed by atoms with E-state index in [0.717, 1.165) is 5.56 Å². The Morgan fingerprint density at radius 3 is 2.48 bits per heavy atom. The fourth-order valence-electron chi connectivity index (χ4n) is 2.20. The van der Waals surface area contributed by atoms with Crippen molar-refractivity contribution in [2.24, 2.45) is 5.92 Å². The Hall–Kier alpha value is -2.14. The number of ether oxygens (including phenoxy) is 1. The van der Waals surface area contributed by atoms with E-state index in [4.69, 9.17) is 4.74 Å². The van der Waals surface area contributed by atoms with E-state index in [2.05, 4.69) is 5.32 Å². The molecule has 0 unspecified atom stereocenters. The van der Waals surface area contributed by atoms with Gasteiger partial charge in [-0.25, -0.2) is 4.79 Å². The average Bonchev–Trinajstić information content (AvgIpc) is 3.06. The molecule has 0 aliphatic carbocycles. The van der Waals surface area contributed by atoms with Crippen LogP contribution in [0, 0.1) is 5.92 Å². The summed E-state index contributed by atoms with van der Waals surface area (Å²) >= 11 is 1.38. The Morgan fingerprint density at radius 2 is 1.87 bits per heavy atom. The first-order valence-corrected chi connectivity index (χ1v) is 8.49. The molecule has 2 rings (SSSR count). The third kappa shape index (κ3) is 5.53. The van der Waals surface area contributed by atoms with Crippen LogP contribution in [-0.2, 0) is 11.3 Å². The minimum absolute atomic E-state index is 0.0645. The summed E-state index contributed by atoms with van der Waals surface area (Å²) < 4.78 is 5.21. The van der Waals surface area contributed by atoms with Crippen molar-refractivity contribution in [2.75, 3.05) is 0 Å². The van der Waals surface area contributed by atoms with Gasteiger partial charge in [0.15, 0.2) is 5.78 Å². The van der Waals surface area contributed by atoms with Crippen LogP contribution in [0.15, 0.2) is 47.8 Å². The van der Waals surface area contributed by atoms with Crippen molar-refractivity contribution in [1.29, 1.82) is 0 Å². The Kier molecular flexibility index (Phi) is 6.35. The summed E-state index contributed by atoms with van der Waals surface area (Å²) in [5.74, 6) is 0.226. The number of hydrogen-bond acceptors (Lipinski definition) is 4. The van der Waals surface area contributed by atoms with Crippen molar-refractivity contribution >= 4 is 23.2 Å². The van der Waals surface area contributed by atoms with Crippen LogP contribution in [-0.4, -0.2) is 17.9 Å². The lowest BCUT2D eigenvalue weighted by Crippen LogP contribution is -2.41. The average molecular weight is 331 g/mol. The van der Waals surface area contributed by atoms with Gasteiger partial charge in [0.1, 0.15) is 6.61 Å². The monoisotopic (exact) mass is 331 g/mol. The largest absolute Gasteiger partial charge is 0.445 e. The molecule has 23 heavy (non-hydrogen) atoms. The maximum atomic E-state index is 12.5. The van der Waals surface area contributed by atoms with Crippen LogP contribution in [0.2, 0.25) is 0 Å². The molecule has 1 heterocycles. The highest BCUT2D eigenvalue weighted by Crippen LogP contribution is 2.16. The van der Waals surface area contributed by atoms with E-state index < -0.39 is 12.1 Å². The minimum atomic E-state index is -0.565. The van der Waals surface area contributed by atoms with Crippen LogP contribution in [0.3, 0.4) is 0 Å². The van der Waals surface area contributed by atoms with E-state index in [0.29, 0.717) is 17.2 Å². The molecule has 1 aromatic heterocycles. The number of ketones is 1. The van der Waals surface area contributed by atoms with E-state index in [9.17, 15) is 9.59 Å². The van der Waals surface area contributed by atoms with Gasteiger partial charge in [0.05, 0.1) is 10.9 Å². The van der Waals surface area contributed by atoms with Gasteiger partial charge in [-0.05, 0) is 29.3 Å². The highest BCUT2D eigenvalue weighted by molar-refractivity contribution is 7.12. The van der Waals surface area contributed by atoms with Gasteiger partial charge in [0.25, 0.3) is 0 Å². The molecule has 1 aromatic carbocycles. The number of carbonyl (C=O) groups is 2. The third-order valence-corrected chi connectivity index (χ3v) is 4.18. The summed E-state index contributed by atoms with van der Waals surface area (Å²) in [6, 6.07) is 12.5. The van der Waals surface area contributed by atoms with Gasteiger partial charge in [-0.3, -0.25) is 4.79 Å². The zero-order chi connectivity index (χ0) is 16.7. The quantitative estimate of drug-likeness (QED) is 0.771. The molecule has 1 amide bonds. The lowest BCUT2D eigenvalue weighted by Gasteiger charge is -2.18. The van der Waals surface area contributed by atoms with Crippen molar-refractivity contribution in [3.8, 4) is 0 Å². The molecule has 0 saturated carbocycles. The number of rotatable bonds is 7. The van der Waals surface area contributed by atoms with Gasteiger partial charge >= 0.3 is 6.09 Å². The minimum Gasteiger partial charge on any atom is -0.445 e. The summed E-state index contributed by atoms with van der Waals surface area (Å²) in [6.45, 7) is 4.23. The Bertz CT molecular complexity index is 623. The first-order valence-electron chi connectivity index (χ1n) is 7.61. The van der Waals surface area contributed by atoms with E-state index in [1.54, 1.807) is 6.07 Å². The first-order chi connectivity index (χ1) is 11.1. The molecule has 0 aliphatic heterocycles. The highest BCUT2D eigenvalue weighted by atomic mass is 32.1. The van der Waals surface area contributed by atoms with Crippen molar-refractivity contribution in [2.45, 2.75) is 32.9 Å². The summed E-state index contributed by atoms with van der Waals surface area (Å²) in [6.07, 6.45) is 0.0152. The number of thiophene rings is 1. The second kappa shape index (κ2) is 8.48. The lowest BCUT2D eigenvalue weighted by atomic mass is 9.99. The standard InChI is InChI=1S/C18H21NO3S/c1-13(2)11-15(17(20)16-9-6-10-23-16)19-18(21)22-12-14-7-4-3-5-8-14/h3-10,13,15H,11-12H2,1-2H3,(H,19,21)/t15-/m0/s1. The second-order valence-corrected chi connectivity index (χ2v) is 6.68. The fourth-order valence-corrected chi connectivity index (χ4v) is 2.92. The number of Topliss-reactive ketones (excluding diaryl/α,β-unsaturated/α-hetero) is 1.